The minimum atomic E-state index is -0.335. The maximum Gasteiger partial charge on any atom is 0.257 e. The summed E-state index contributed by atoms with van der Waals surface area (Å²) in [4.78, 5) is 16.8. The number of benzene rings is 3. The molecule has 0 aliphatic heterocycles. The van der Waals surface area contributed by atoms with Gasteiger partial charge in [0.15, 0.2) is 10.7 Å². The first-order valence-corrected chi connectivity index (χ1v) is 10.6. The summed E-state index contributed by atoms with van der Waals surface area (Å²) < 4.78 is 6.69. The first kappa shape index (κ1) is 20.8. The van der Waals surface area contributed by atoms with Gasteiger partial charge in [-0.05, 0) is 72.9 Å². The van der Waals surface area contributed by atoms with Crippen LogP contribution in [0.25, 0.3) is 22.6 Å². The highest BCUT2D eigenvalue weighted by atomic mass is 79.9. The molecule has 5 nitrogen and oxygen atoms in total. The summed E-state index contributed by atoms with van der Waals surface area (Å²) in [5, 5.41) is 6.85. The zero-order valence-electron chi connectivity index (χ0n) is 15.1. The van der Waals surface area contributed by atoms with Crippen LogP contribution in [-0.4, -0.2) is 16.0 Å². The summed E-state index contributed by atoms with van der Waals surface area (Å²) in [5.74, 6) is 0.0744. The summed E-state index contributed by atoms with van der Waals surface area (Å²) in [6.45, 7) is 0. The molecule has 0 saturated carbocycles. The molecule has 150 valence electrons. The molecule has 0 spiro atoms. The number of rotatable bonds is 3. The smallest absolute Gasteiger partial charge is 0.257 e. The third-order valence-electron chi connectivity index (χ3n) is 4.14. The van der Waals surface area contributed by atoms with Crippen LogP contribution in [0.2, 0.25) is 10.0 Å². The Morgan fingerprint density at radius 2 is 1.80 bits per heavy atom. The minimum Gasteiger partial charge on any atom is -0.436 e. The number of amides is 1. The molecule has 0 aliphatic rings. The number of nitrogens with one attached hydrogen (secondary N) is 2. The van der Waals surface area contributed by atoms with Crippen molar-refractivity contribution in [1.29, 1.82) is 0 Å². The number of aromatic nitrogens is 1. The zero-order chi connectivity index (χ0) is 21.3. The van der Waals surface area contributed by atoms with Crippen molar-refractivity contribution in [1.82, 2.24) is 10.3 Å². The average Bonchev–Trinajstić information content (AvgIpc) is 3.13. The van der Waals surface area contributed by atoms with Gasteiger partial charge in [0.05, 0.1) is 10.6 Å². The molecule has 3 aromatic carbocycles. The Bertz CT molecular complexity index is 1280. The summed E-state index contributed by atoms with van der Waals surface area (Å²) in [7, 11) is 0. The van der Waals surface area contributed by atoms with Crippen LogP contribution in [-0.2, 0) is 0 Å². The molecule has 4 rings (SSSR count). The largest absolute Gasteiger partial charge is 0.436 e. The topological polar surface area (TPSA) is 67.2 Å². The summed E-state index contributed by atoms with van der Waals surface area (Å²) in [6, 6.07) is 17.3. The van der Waals surface area contributed by atoms with E-state index in [4.69, 9.17) is 39.8 Å². The van der Waals surface area contributed by atoms with Gasteiger partial charge >= 0.3 is 0 Å². The monoisotopic (exact) mass is 519 g/mol. The van der Waals surface area contributed by atoms with E-state index in [0.717, 1.165) is 4.47 Å². The molecule has 9 heteroatoms. The number of carbonyl (C=O) groups excluding carboxylic acids is 1. The second kappa shape index (κ2) is 8.73. The van der Waals surface area contributed by atoms with Crippen LogP contribution in [0.15, 0.2) is 69.6 Å². The van der Waals surface area contributed by atoms with Gasteiger partial charge in [0, 0.05) is 20.7 Å². The maximum atomic E-state index is 12.3. The highest BCUT2D eigenvalue weighted by molar-refractivity contribution is 9.10. The van der Waals surface area contributed by atoms with Crippen molar-refractivity contribution < 1.29 is 9.21 Å². The standard InChI is InChI=1S/C21H12BrCl2N3O2S/c22-12-3-7-16(24)15(9-12)20-26-17-10-14(6-8-18(17)29-20)25-21(30)27-19(28)11-1-4-13(23)5-2-11/h1-10H,(H2,25,27,28,30). The van der Waals surface area contributed by atoms with Crippen LogP contribution in [0.5, 0.6) is 0 Å². The third kappa shape index (κ3) is 4.65. The predicted octanol–water partition coefficient (Wildman–Crippen LogP) is 6.69. The molecular weight excluding hydrogens is 509 g/mol. The molecule has 1 amide bonds. The fraction of sp³-hybridized carbons (Fsp3) is 0. The van der Waals surface area contributed by atoms with E-state index < -0.39 is 0 Å². The molecular formula is C21H12BrCl2N3O2S. The molecule has 1 heterocycles. The van der Waals surface area contributed by atoms with E-state index in [-0.39, 0.29) is 11.0 Å². The van der Waals surface area contributed by atoms with Crippen molar-refractivity contribution in [2.45, 2.75) is 0 Å². The number of halogens is 3. The van der Waals surface area contributed by atoms with E-state index in [2.05, 4.69) is 31.5 Å². The highest BCUT2D eigenvalue weighted by Crippen LogP contribution is 2.32. The van der Waals surface area contributed by atoms with Crippen molar-refractivity contribution in [3.63, 3.8) is 0 Å². The lowest BCUT2D eigenvalue weighted by atomic mass is 10.2. The van der Waals surface area contributed by atoms with Crippen molar-refractivity contribution in [2.75, 3.05) is 5.32 Å². The van der Waals surface area contributed by atoms with Crippen LogP contribution in [0.4, 0.5) is 5.69 Å². The van der Waals surface area contributed by atoms with Gasteiger partial charge in [0.2, 0.25) is 5.89 Å². The van der Waals surface area contributed by atoms with Crippen molar-refractivity contribution in [3.05, 3.63) is 80.7 Å². The Morgan fingerprint density at radius 3 is 2.57 bits per heavy atom. The molecule has 0 radical (unpaired) electrons. The number of carbonyl (C=O) groups is 1. The SMILES string of the molecule is O=C(NC(=S)Nc1ccc2oc(-c3cc(Br)ccc3Cl)nc2c1)c1ccc(Cl)cc1. The Hall–Kier alpha value is -2.45. The van der Waals surface area contributed by atoms with Crippen LogP contribution < -0.4 is 10.6 Å². The highest BCUT2D eigenvalue weighted by Gasteiger charge is 2.13. The fourth-order valence-electron chi connectivity index (χ4n) is 2.72. The average molecular weight is 521 g/mol. The van der Waals surface area contributed by atoms with Crippen LogP contribution in [0.1, 0.15) is 10.4 Å². The predicted molar refractivity (Wildman–Crippen MR) is 127 cm³/mol. The maximum absolute atomic E-state index is 12.3. The van der Waals surface area contributed by atoms with Gasteiger partial charge in [-0.3, -0.25) is 10.1 Å². The first-order valence-electron chi connectivity index (χ1n) is 8.63. The zero-order valence-corrected chi connectivity index (χ0v) is 19.0. The number of hydrogen-bond acceptors (Lipinski definition) is 4. The van der Waals surface area contributed by atoms with Crippen molar-refractivity contribution >= 4 is 79.2 Å². The molecule has 4 aromatic rings. The number of nitrogens with zero attached hydrogens (tertiary/aromatic N) is 1. The number of thiocarbonyl (C=S) groups is 1. The number of anilines is 1. The molecule has 0 saturated heterocycles. The molecule has 0 unspecified atom stereocenters. The van der Waals surface area contributed by atoms with E-state index in [0.29, 0.717) is 43.9 Å². The van der Waals surface area contributed by atoms with Gasteiger partial charge in [-0.1, -0.05) is 39.1 Å². The Kier molecular flexibility index (Phi) is 6.06. The van der Waals surface area contributed by atoms with Crippen LogP contribution in [0.3, 0.4) is 0 Å². The minimum absolute atomic E-state index is 0.160. The number of hydrogen-bond donors (Lipinski definition) is 2. The van der Waals surface area contributed by atoms with E-state index >= 15 is 0 Å². The summed E-state index contributed by atoms with van der Waals surface area (Å²) >= 11 is 20.8. The van der Waals surface area contributed by atoms with Gasteiger partial charge in [-0.15, -0.1) is 0 Å². The second-order valence-corrected chi connectivity index (χ2v) is 8.41. The molecule has 0 bridgehead atoms. The van der Waals surface area contributed by atoms with Crippen molar-refractivity contribution in [3.8, 4) is 11.5 Å². The van der Waals surface area contributed by atoms with Gasteiger partial charge in [-0.2, -0.15) is 0 Å². The Balaban J connectivity index is 1.51. The lowest BCUT2D eigenvalue weighted by Gasteiger charge is -2.09. The normalized spacial score (nSPS) is 10.8. The number of oxazole rings is 1. The first-order chi connectivity index (χ1) is 14.4. The second-order valence-electron chi connectivity index (χ2n) is 6.24. The van der Waals surface area contributed by atoms with Gasteiger partial charge in [0.1, 0.15) is 5.52 Å². The van der Waals surface area contributed by atoms with Crippen LogP contribution in [0, 0.1) is 0 Å². The van der Waals surface area contributed by atoms with E-state index in [9.17, 15) is 4.79 Å². The third-order valence-corrected chi connectivity index (χ3v) is 5.42. The Morgan fingerprint density at radius 1 is 1.03 bits per heavy atom. The number of fused-ring (bicyclic) bond motifs is 1. The molecule has 1 aromatic heterocycles. The van der Waals surface area contributed by atoms with E-state index in [1.54, 1.807) is 48.5 Å². The Labute approximate surface area is 195 Å². The molecule has 30 heavy (non-hydrogen) atoms. The van der Waals surface area contributed by atoms with Crippen LogP contribution >= 0.6 is 51.3 Å². The van der Waals surface area contributed by atoms with Gasteiger partial charge in [-0.25, -0.2) is 4.98 Å². The van der Waals surface area contributed by atoms with Gasteiger partial charge < -0.3 is 9.73 Å². The van der Waals surface area contributed by atoms with E-state index in [1.807, 2.05) is 12.1 Å². The lowest BCUT2D eigenvalue weighted by Crippen LogP contribution is -2.34. The molecule has 0 fully saturated rings. The van der Waals surface area contributed by atoms with Crippen molar-refractivity contribution in [2.24, 2.45) is 0 Å². The van der Waals surface area contributed by atoms with Gasteiger partial charge in [0.25, 0.3) is 5.91 Å². The summed E-state index contributed by atoms with van der Waals surface area (Å²) in [5.41, 5.74) is 3.01. The molecule has 0 aliphatic carbocycles. The lowest BCUT2D eigenvalue weighted by molar-refractivity contribution is 0.0977. The fourth-order valence-corrected chi connectivity index (χ4v) is 3.62. The quantitative estimate of drug-likeness (QED) is 0.294. The van der Waals surface area contributed by atoms with E-state index in [1.165, 1.54) is 0 Å². The molecule has 2 N–H and O–H groups in total. The summed E-state index contributed by atoms with van der Waals surface area (Å²) in [6.07, 6.45) is 0. The molecule has 0 atom stereocenters.